The van der Waals surface area contributed by atoms with Crippen LogP contribution in [0.1, 0.15) is 6.92 Å². The number of aromatic nitrogens is 4. The van der Waals surface area contributed by atoms with E-state index in [1.807, 2.05) is 6.92 Å². The van der Waals surface area contributed by atoms with Gasteiger partial charge < -0.3 is 29.2 Å². The normalized spacial score (nSPS) is 15.5. The average molecular weight is 361 g/mol. The summed E-state index contributed by atoms with van der Waals surface area (Å²) in [5, 5.41) is 0. The van der Waals surface area contributed by atoms with Crippen LogP contribution < -0.4 is 11.3 Å². The maximum absolute atomic E-state index is 11.8. The lowest BCUT2D eigenvalue weighted by atomic mass is 10.3. The van der Waals surface area contributed by atoms with Crippen LogP contribution in [0.5, 0.6) is 0 Å². The Balaban J connectivity index is 2.19. The lowest BCUT2D eigenvalue weighted by Gasteiger charge is -2.19. The molecule has 2 unspecified atom stereocenters. The molecule has 0 spiro atoms. The second-order valence-corrected chi connectivity index (χ2v) is 6.82. The highest BCUT2D eigenvalue weighted by molar-refractivity contribution is 7.52. The second kappa shape index (κ2) is 7.86. The first kappa shape index (κ1) is 18.6. The van der Waals surface area contributed by atoms with E-state index in [4.69, 9.17) is 15.2 Å². The molecule has 0 saturated heterocycles. The minimum absolute atomic E-state index is 0.0317. The molecule has 0 radical (unpaired) electrons. The van der Waals surface area contributed by atoms with E-state index in [0.29, 0.717) is 12.3 Å². The topological polar surface area (TPSA) is 155 Å². The fourth-order valence-electron chi connectivity index (χ4n) is 1.98. The Hall–Kier alpha value is -1.78. The summed E-state index contributed by atoms with van der Waals surface area (Å²) in [5.74, 6) is -0.0317. The molecule has 0 amide bonds. The Morgan fingerprint density at radius 3 is 2.96 bits per heavy atom. The van der Waals surface area contributed by atoms with E-state index in [1.54, 1.807) is 4.57 Å². The monoisotopic (exact) mass is 361 g/mol. The van der Waals surface area contributed by atoms with E-state index >= 15 is 0 Å². The number of nitrogens with two attached hydrogens (primary N) is 1. The lowest BCUT2D eigenvalue weighted by molar-refractivity contribution is -0.00893. The van der Waals surface area contributed by atoms with Gasteiger partial charge in [0.25, 0.3) is 5.56 Å². The number of rotatable bonds is 9. The first-order valence-electron chi connectivity index (χ1n) is 7.13. The minimum Gasteiger partial charge on any atom is -0.379 e. The summed E-state index contributed by atoms with van der Waals surface area (Å²) < 4.78 is 28.3. The van der Waals surface area contributed by atoms with E-state index in [1.165, 1.54) is 6.33 Å². The van der Waals surface area contributed by atoms with Crippen molar-refractivity contribution in [2.75, 3.05) is 32.4 Å². The Morgan fingerprint density at radius 2 is 2.29 bits per heavy atom. The summed E-state index contributed by atoms with van der Waals surface area (Å²) in [5.41, 5.74) is 5.54. The number of nitrogen functional groups attached to an aromatic ring is 1. The SMILES string of the molecule is CCOCC(Cn1cnc2c(=O)[nH]c(N)nc21)OCP(=O)(O)OC. The van der Waals surface area contributed by atoms with Crippen molar-refractivity contribution in [2.24, 2.45) is 0 Å². The summed E-state index contributed by atoms with van der Waals surface area (Å²) in [6.07, 6.45) is 0.369. The van der Waals surface area contributed by atoms with Crippen molar-refractivity contribution in [3.63, 3.8) is 0 Å². The van der Waals surface area contributed by atoms with Gasteiger partial charge in [-0.15, -0.1) is 0 Å². The van der Waals surface area contributed by atoms with E-state index in [2.05, 4.69) is 19.5 Å². The molecule has 0 aromatic carbocycles. The molecule has 2 aromatic heterocycles. The van der Waals surface area contributed by atoms with Gasteiger partial charge in [0.15, 0.2) is 11.2 Å². The summed E-state index contributed by atoms with van der Waals surface area (Å²) in [6, 6.07) is 0. The predicted molar refractivity (Wildman–Crippen MR) is 85.6 cm³/mol. The molecule has 24 heavy (non-hydrogen) atoms. The number of hydrogen-bond donors (Lipinski definition) is 3. The quantitative estimate of drug-likeness (QED) is 0.520. The molecule has 0 aliphatic carbocycles. The van der Waals surface area contributed by atoms with Gasteiger partial charge in [-0.25, -0.2) is 4.98 Å². The first-order valence-corrected chi connectivity index (χ1v) is 8.90. The molecule has 2 atom stereocenters. The highest BCUT2D eigenvalue weighted by atomic mass is 31.2. The zero-order valence-electron chi connectivity index (χ0n) is 13.3. The third kappa shape index (κ3) is 4.62. The number of nitrogens with one attached hydrogen (secondary N) is 1. The first-order chi connectivity index (χ1) is 11.4. The van der Waals surface area contributed by atoms with Gasteiger partial charge >= 0.3 is 7.60 Å². The number of H-pyrrole nitrogens is 1. The minimum atomic E-state index is -3.81. The van der Waals surface area contributed by atoms with E-state index in [0.717, 1.165) is 7.11 Å². The molecule has 0 aliphatic rings. The summed E-state index contributed by atoms with van der Waals surface area (Å²) in [4.78, 5) is 31.6. The molecule has 0 saturated carbocycles. The van der Waals surface area contributed by atoms with Crippen LogP contribution in [0.15, 0.2) is 11.1 Å². The molecule has 12 heteroatoms. The van der Waals surface area contributed by atoms with Gasteiger partial charge in [0.05, 0.1) is 25.6 Å². The van der Waals surface area contributed by atoms with Crippen LogP contribution in [0.2, 0.25) is 0 Å². The molecule has 2 heterocycles. The van der Waals surface area contributed by atoms with Crippen LogP contribution in [-0.4, -0.2) is 57.2 Å². The van der Waals surface area contributed by atoms with E-state index < -0.39 is 25.6 Å². The standard InChI is InChI=1S/C12H20N5O6P/c1-3-22-5-8(23-7-24(19,20)21-2)4-17-6-14-9-10(17)15-12(13)16-11(9)18/h6,8H,3-5,7H2,1-2H3,(H,19,20)(H3,13,15,16,18). The third-order valence-corrected chi connectivity index (χ3v) is 4.21. The third-order valence-electron chi connectivity index (χ3n) is 3.16. The highest BCUT2D eigenvalue weighted by Crippen LogP contribution is 2.40. The molecule has 4 N–H and O–H groups in total. The van der Waals surface area contributed by atoms with Crippen molar-refractivity contribution in [3.05, 3.63) is 16.7 Å². The smallest absolute Gasteiger partial charge is 0.353 e. The highest BCUT2D eigenvalue weighted by Gasteiger charge is 2.22. The van der Waals surface area contributed by atoms with Crippen molar-refractivity contribution in [1.82, 2.24) is 19.5 Å². The zero-order valence-corrected chi connectivity index (χ0v) is 14.2. The van der Waals surface area contributed by atoms with Gasteiger partial charge in [-0.1, -0.05) is 0 Å². The molecule has 11 nitrogen and oxygen atoms in total. The van der Waals surface area contributed by atoms with Crippen molar-refractivity contribution in [3.8, 4) is 0 Å². The number of imidazole rings is 1. The van der Waals surface area contributed by atoms with Gasteiger partial charge in [0.2, 0.25) is 5.95 Å². The Bertz CT molecular complexity index is 790. The average Bonchev–Trinajstić information content (AvgIpc) is 2.93. The van der Waals surface area contributed by atoms with Crippen LogP contribution in [-0.2, 0) is 25.1 Å². The van der Waals surface area contributed by atoms with Crippen molar-refractivity contribution in [2.45, 2.75) is 19.6 Å². The fourth-order valence-corrected chi connectivity index (χ4v) is 2.48. The molecule has 2 rings (SSSR count). The predicted octanol–water partition coefficient (Wildman–Crippen LogP) is -0.0872. The molecular formula is C12H20N5O6P. The Labute approximate surface area is 137 Å². The van der Waals surface area contributed by atoms with Crippen molar-refractivity contribution >= 4 is 24.7 Å². The van der Waals surface area contributed by atoms with Gasteiger partial charge in [-0.05, 0) is 6.92 Å². The van der Waals surface area contributed by atoms with Crippen molar-refractivity contribution in [1.29, 1.82) is 0 Å². The van der Waals surface area contributed by atoms with Crippen LogP contribution in [0.25, 0.3) is 11.2 Å². The van der Waals surface area contributed by atoms with E-state index in [-0.39, 0.29) is 24.6 Å². The maximum Gasteiger partial charge on any atom is 0.353 e. The molecule has 0 aliphatic heterocycles. The number of anilines is 1. The molecule has 0 fully saturated rings. The Morgan fingerprint density at radius 1 is 1.54 bits per heavy atom. The second-order valence-electron chi connectivity index (χ2n) is 4.92. The number of nitrogens with zero attached hydrogens (tertiary/aromatic N) is 3. The molecule has 134 valence electrons. The van der Waals surface area contributed by atoms with E-state index in [9.17, 15) is 14.3 Å². The van der Waals surface area contributed by atoms with Crippen LogP contribution in [0, 0.1) is 0 Å². The largest absolute Gasteiger partial charge is 0.379 e. The molecule has 2 aromatic rings. The summed E-state index contributed by atoms with van der Waals surface area (Å²) >= 11 is 0. The fraction of sp³-hybridized carbons (Fsp3) is 0.583. The van der Waals surface area contributed by atoms with Gasteiger partial charge in [-0.3, -0.25) is 14.3 Å². The van der Waals surface area contributed by atoms with Crippen LogP contribution >= 0.6 is 7.60 Å². The lowest BCUT2D eigenvalue weighted by Crippen LogP contribution is -2.26. The van der Waals surface area contributed by atoms with Gasteiger partial charge in [0, 0.05) is 13.7 Å². The summed E-state index contributed by atoms with van der Waals surface area (Å²) in [7, 11) is -2.68. The molecular weight excluding hydrogens is 341 g/mol. The number of fused-ring (bicyclic) bond motifs is 1. The van der Waals surface area contributed by atoms with Gasteiger partial charge in [0.1, 0.15) is 6.35 Å². The number of ether oxygens (including phenoxy) is 2. The summed E-state index contributed by atoms with van der Waals surface area (Å²) in [6.45, 7) is 2.66. The Kier molecular flexibility index (Phi) is 6.08. The number of aromatic amines is 1. The van der Waals surface area contributed by atoms with Crippen LogP contribution in [0.3, 0.4) is 0 Å². The maximum atomic E-state index is 11.8. The van der Waals surface area contributed by atoms with Gasteiger partial charge in [-0.2, -0.15) is 4.98 Å². The molecule has 0 bridgehead atoms. The van der Waals surface area contributed by atoms with Crippen molar-refractivity contribution < 1.29 is 23.5 Å². The zero-order chi connectivity index (χ0) is 17.7. The van der Waals surface area contributed by atoms with Crippen LogP contribution in [0.4, 0.5) is 5.95 Å². The number of hydrogen-bond acceptors (Lipinski definition) is 8.